The van der Waals surface area contributed by atoms with Crippen LogP contribution in [-0.4, -0.2) is 91.0 Å². The van der Waals surface area contributed by atoms with E-state index in [1.807, 2.05) is 78.9 Å². The number of hydrogen-bond acceptors (Lipinski definition) is 12. The van der Waals surface area contributed by atoms with Gasteiger partial charge in [0.1, 0.15) is 36.2 Å². The van der Waals surface area contributed by atoms with E-state index in [1.165, 1.54) is 0 Å². The van der Waals surface area contributed by atoms with E-state index < -0.39 is 30.1 Å². The van der Waals surface area contributed by atoms with Gasteiger partial charge in [0, 0.05) is 43.1 Å². The van der Waals surface area contributed by atoms with E-state index in [9.17, 15) is 15.0 Å². The number of hydrogen-bond donors (Lipinski definition) is 2. The van der Waals surface area contributed by atoms with Crippen LogP contribution in [0.1, 0.15) is 97.2 Å². The topological polar surface area (TPSA) is 155 Å². The number of rotatable bonds is 24. The maximum Gasteiger partial charge on any atom is 0.410 e. The molecule has 4 aliphatic rings. The van der Waals surface area contributed by atoms with Crippen LogP contribution >= 0.6 is 0 Å². The SMILES string of the molecule is C=CCO[C@@]12Oc3ccc(Oc4cccc(C=O)c4)cc3[C@H]3[C@H](CCCCO)[C@@H](CCCCO)C=C(C(=NOC4CCCCO4)C[C@@H]1N(Cc1cccc4ccccc14)C(=O)OCCOCc1ccccc1)[C@H]32. The molecular formula is C60H68N2O11. The highest BCUT2D eigenvalue weighted by Gasteiger charge is 2.66. The largest absolute Gasteiger partial charge is 0.459 e. The fourth-order valence-electron chi connectivity index (χ4n) is 11.4. The lowest BCUT2D eigenvalue weighted by Crippen LogP contribution is -2.70. The zero-order valence-corrected chi connectivity index (χ0v) is 41.6. The van der Waals surface area contributed by atoms with Gasteiger partial charge in [-0.2, -0.15) is 0 Å². The first-order valence-electron chi connectivity index (χ1n) is 26.0. The van der Waals surface area contributed by atoms with Crippen molar-refractivity contribution in [1.29, 1.82) is 0 Å². The summed E-state index contributed by atoms with van der Waals surface area (Å²) in [5.74, 6) is -0.795. The van der Waals surface area contributed by atoms with Gasteiger partial charge in [-0.15, -0.1) is 6.58 Å². The number of amides is 1. The van der Waals surface area contributed by atoms with Crippen molar-refractivity contribution in [3.8, 4) is 17.2 Å². The Hall–Kier alpha value is -6.35. The second-order valence-electron chi connectivity index (χ2n) is 19.4. The Morgan fingerprint density at radius 3 is 2.47 bits per heavy atom. The summed E-state index contributed by atoms with van der Waals surface area (Å²) in [6, 6.07) is 36.1. The molecule has 0 radical (unpaired) electrons. The lowest BCUT2D eigenvalue weighted by molar-refractivity contribution is -0.256. The number of aliphatic hydroxyl groups excluding tert-OH is 2. The van der Waals surface area contributed by atoms with E-state index in [2.05, 4.69) is 30.9 Å². The minimum Gasteiger partial charge on any atom is -0.459 e. The van der Waals surface area contributed by atoms with Crippen molar-refractivity contribution in [3.05, 3.63) is 162 Å². The van der Waals surface area contributed by atoms with Gasteiger partial charge >= 0.3 is 6.09 Å². The molecule has 1 saturated heterocycles. The molecule has 0 bridgehead atoms. The quantitative estimate of drug-likeness (QED) is 0.0263. The van der Waals surface area contributed by atoms with E-state index in [0.717, 1.165) is 77.8 Å². The molecule has 73 heavy (non-hydrogen) atoms. The Labute approximate surface area is 428 Å². The van der Waals surface area contributed by atoms with Gasteiger partial charge in [0.25, 0.3) is 0 Å². The second kappa shape index (κ2) is 25.1. The van der Waals surface area contributed by atoms with Crippen LogP contribution in [0.3, 0.4) is 0 Å². The summed E-state index contributed by atoms with van der Waals surface area (Å²) in [6.07, 6.45) is 10.8. The van der Waals surface area contributed by atoms with E-state index in [1.54, 1.807) is 29.2 Å². The number of aliphatic hydroxyl groups is 2. The van der Waals surface area contributed by atoms with Crippen molar-refractivity contribution in [3.63, 3.8) is 0 Å². The summed E-state index contributed by atoms with van der Waals surface area (Å²) in [4.78, 5) is 35.3. The third kappa shape index (κ3) is 12.0. The number of benzene rings is 5. The maximum atomic E-state index is 15.3. The summed E-state index contributed by atoms with van der Waals surface area (Å²) >= 11 is 0. The zero-order valence-electron chi connectivity index (χ0n) is 41.6. The molecule has 2 N–H and O–H groups in total. The first-order chi connectivity index (χ1) is 35.9. The molecule has 9 rings (SSSR count). The van der Waals surface area contributed by atoms with E-state index in [4.69, 9.17) is 38.4 Å². The Kier molecular flexibility index (Phi) is 17.7. The lowest BCUT2D eigenvalue weighted by Gasteiger charge is -2.60. The van der Waals surface area contributed by atoms with Crippen LogP contribution in [0, 0.1) is 17.8 Å². The summed E-state index contributed by atoms with van der Waals surface area (Å²) in [5.41, 5.74) is 4.86. The molecule has 0 aromatic heterocycles. The average molecular weight is 993 g/mol. The number of oxime groups is 1. The van der Waals surface area contributed by atoms with Crippen molar-refractivity contribution in [2.75, 3.05) is 39.6 Å². The molecule has 1 amide bonds. The molecule has 1 unspecified atom stereocenters. The van der Waals surface area contributed by atoms with Crippen molar-refractivity contribution in [2.45, 2.75) is 101 Å². The Morgan fingerprint density at radius 1 is 0.863 bits per heavy atom. The average Bonchev–Trinajstić information content (AvgIpc) is 3.42. The van der Waals surface area contributed by atoms with Crippen LogP contribution in [0.4, 0.5) is 4.79 Å². The van der Waals surface area contributed by atoms with Crippen LogP contribution in [0.15, 0.2) is 145 Å². The van der Waals surface area contributed by atoms with Crippen LogP contribution in [0.25, 0.3) is 10.8 Å². The summed E-state index contributed by atoms with van der Waals surface area (Å²) < 4.78 is 39.7. The summed E-state index contributed by atoms with van der Waals surface area (Å²) in [6.45, 7) is 5.58. The van der Waals surface area contributed by atoms with Gasteiger partial charge in [0.05, 0.1) is 44.6 Å². The van der Waals surface area contributed by atoms with E-state index in [-0.39, 0.29) is 63.8 Å². The third-order valence-electron chi connectivity index (χ3n) is 14.7. The number of nitrogens with zero attached hydrogens (tertiary/aromatic N) is 2. The molecule has 5 aromatic carbocycles. The van der Waals surface area contributed by atoms with Gasteiger partial charge in [-0.3, -0.25) is 9.69 Å². The highest BCUT2D eigenvalue weighted by molar-refractivity contribution is 6.03. The molecule has 384 valence electrons. The number of aldehydes is 1. The highest BCUT2D eigenvalue weighted by atomic mass is 16.8. The van der Waals surface area contributed by atoms with Gasteiger partial charge < -0.3 is 43.5 Å². The number of allylic oxidation sites excluding steroid dienone is 1. The van der Waals surface area contributed by atoms with Crippen LogP contribution in [-0.2, 0) is 36.9 Å². The number of fused-ring (bicyclic) bond motifs is 3. The van der Waals surface area contributed by atoms with Crippen molar-refractivity contribution >= 4 is 28.9 Å². The van der Waals surface area contributed by atoms with E-state index in [0.29, 0.717) is 61.0 Å². The van der Waals surface area contributed by atoms with Gasteiger partial charge in [-0.05, 0) is 108 Å². The second-order valence-corrected chi connectivity index (χ2v) is 19.4. The van der Waals surface area contributed by atoms with Crippen LogP contribution < -0.4 is 9.47 Å². The smallest absolute Gasteiger partial charge is 0.410 e. The predicted molar refractivity (Wildman–Crippen MR) is 278 cm³/mol. The standard InChI is InChI=1S/C60H68N2O11/c1-2-31-70-60-55(62(39-46-22-15-21-44-19-6-7-24-49(44)46)59(66)69-34-33-67-41-42-16-4-3-5-17-42)38-53(61-73-56-26-10-13-32-68-56)51-36-45(20-8-11-29-63)50(25-9-12-30-64)57(58(51)60)52-37-48(27-28-54(52)72-60)71-47-23-14-18-43(35-47)40-65/h2-7,14-19,21-24,27-28,35-37,40,45,50,55-58,63-64H,1,8-13,20,25-26,29-34,38-39,41H2/t45-,50+,55-,56?,57+,58+,60+/m0/s1. The zero-order chi connectivity index (χ0) is 50.4. The fraction of sp³-hybridized carbons (Fsp3) is 0.417. The summed E-state index contributed by atoms with van der Waals surface area (Å²) in [5, 5.41) is 27.3. The van der Waals surface area contributed by atoms with Crippen molar-refractivity contribution in [2.24, 2.45) is 22.9 Å². The van der Waals surface area contributed by atoms with Crippen molar-refractivity contribution in [1.82, 2.24) is 4.90 Å². The normalized spacial score (nSPS) is 23.6. The number of carbonyl (C=O) groups is 2. The molecule has 2 heterocycles. The molecule has 2 fully saturated rings. The molecular weight excluding hydrogens is 925 g/mol. The first-order valence-corrected chi connectivity index (χ1v) is 26.0. The molecule has 1 saturated carbocycles. The first kappa shape index (κ1) is 51.5. The minimum atomic E-state index is -1.54. The molecule has 7 atom stereocenters. The minimum absolute atomic E-state index is 0.00407. The Balaban J connectivity index is 1.21. The Bertz CT molecular complexity index is 2700. The predicted octanol–water partition coefficient (Wildman–Crippen LogP) is 11.5. The molecule has 13 heteroatoms. The third-order valence-corrected chi connectivity index (χ3v) is 14.7. The Morgan fingerprint density at radius 2 is 1.66 bits per heavy atom. The lowest BCUT2D eigenvalue weighted by atomic mass is 9.55. The molecule has 2 aliphatic carbocycles. The molecule has 5 aromatic rings. The number of carbonyl (C=O) groups excluding carboxylic acids is 2. The van der Waals surface area contributed by atoms with Crippen LogP contribution in [0.5, 0.6) is 17.2 Å². The van der Waals surface area contributed by atoms with Crippen molar-refractivity contribution < 1.29 is 53.1 Å². The maximum absolute atomic E-state index is 15.3. The van der Waals surface area contributed by atoms with Crippen LogP contribution in [0.2, 0.25) is 0 Å². The monoisotopic (exact) mass is 992 g/mol. The number of unbranched alkanes of at least 4 members (excludes halogenated alkanes) is 2. The van der Waals surface area contributed by atoms with Gasteiger partial charge in [0.2, 0.25) is 12.1 Å². The highest BCUT2D eigenvalue weighted by Crippen LogP contribution is 2.62. The number of ether oxygens (including phenoxy) is 6. The van der Waals surface area contributed by atoms with E-state index >= 15 is 4.79 Å². The van der Waals surface area contributed by atoms with Gasteiger partial charge in [-0.1, -0.05) is 115 Å². The fourth-order valence-corrected chi connectivity index (χ4v) is 11.4. The van der Waals surface area contributed by atoms with Gasteiger partial charge in [-0.25, -0.2) is 4.79 Å². The molecule has 2 aliphatic heterocycles. The van der Waals surface area contributed by atoms with Gasteiger partial charge in [0.15, 0.2) is 0 Å². The summed E-state index contributed by atoms with van der Waals surface area (Å²) in [7, 11) is 0. The molecule has 0 spiro atoms. The molecule has 13 nitrogen and oxygen atoms in total.